The van der Waals surface area contributed by atoms with E-state index in [0.717, 1.165) is 35.0 Å². The number of halogens is 1. The minimum absolute atomic E-state index is 0.0351. The molecule has 4 aromatic rings. The predicted molar refractivity (Wildman–Crippen MR) is 140 cm³/mol. The molecule has 0 bridgehead atoms. The molecular weight excluding hydrogens is 455 g/mol. The van der Waals surface area contributed by atoms with Gasteiger partial charge in [0, 0.05) is 28.4 Å². The van der Waals surface area contributed by atoms with Crippen LogP contribution in [0.25, 0.3) is 22.4 Å². The summed E-state index contributed by atoms with van der Waals surface area (Å²) in [6, 6.07) is 16.8. The number of nitrogens with one attached hydrogen (secondary N) is 3. The molecule has 1 aliphatic carbocycles. The number of fused-ring (bicyclic) bond motifs is 1. The zero-order chi connectivity index (χ0) is 25.1. The molecule has 0 unspecified atom stereocenters. The number of aryl methyl sites for hydroxylation is 1. The number of aromatic nitrogens is 2. The highest BCUT2D eigenvalue weighted by Crippen LogP contribution is 2.25. The average Bonchev–Trinajstić information content (AvgIpc) is 3.11. The van der Waals surface area contributed by atoms with Crippen LogP contribution >= 0.6 is 0 Å². The normalized spacial score (nSPS) is 14.4. The molecule has 184 valence electrons. The first-order valence-corrected chi connectivity index (χ1v) is 12.4. The van der Waals surface area contributed by atoms with E-state index in [1.54, 1.807) is 12.1 Å². The quantitative estimate of drug-likeness (QED) is 0.287. The fourth-order valence-electron chi connectivity index (χ4n) is 4.75. The van der Waals surface area contributed by atoms with Gasteiger partial charge in [0.2, 0.25) is 0 Å². The first-order chi connectivity index (χ1) is 17.5. The molecule has 1 aliphatic rings. The number of rotatable bonds is 5. The third-order valence-corrected chi connectivity index (χ3v) is 6.79. The zero-order valence-corrected chi connectivity index (χ0v) is 20.2. The van der Waals surface area contributed by atoms with Crippen molar-refractivity contribution in [2.75, 3.05) is 5.32 Å². The highest BCUT2D eigenvalue weighted by atomic mass is 19.1. The highest BCUT2D eigenvalue weighted by Gasteiger charge is 2.18. The second-order valence-corrected chi connectivity index (χ2v) is 9.47. The van der Waals surface area contributed by atoms with Crippen molar-refractivity contribution < 1.29 is 14.0 Å². The van der Waals surface area contributed by atoms with Gasteiger partial charge in [0.15, 0.2) is 0 Å². The van der Waals surface area contributed by atoms with Crippen LogP contribution in [0.15, 0.2) is 60.7 Å². The summed E-state index contributed by atoms with van der Waals surface area (Å²) in [5.41, 5.74) is 5.02. The Morgan fingerprint density at radius 1 is 0.917 bits per heavy atom. The summed E-state index contributed by atoms with van der Waals surface area (Å²) in [5, 5.41) is 6.04. The SMILES string of the molecule is Cc1cc2[nH]c(-c3ccc(NC(=O)c4ccc(F)cc4)cc3)nc2cc1C(=O)NC1CCCCCC1. The number of amides is 2. The van der Waals surface area contributed by atoms with E-state index in [-0.39, 0.29) is 23.7 Å². The van der Waals surface area contributed by atoms with Gasteiger partial charge in [-0.15, -0.1) is 0 Å². The van der Waals surface area contributed by atoms with Crippen LogP contribution in [0.4, 0.5) is 10.1 Å². The van der Waals surface area contributed by atoms with Crippen LogP contribution in [-0.2, 0) is 0 Å². The van der Waals surface area contributed by atoms with Gasteiger partial charge in [0.1, 0.15) is 11.6 Å². The predicted octanol–water partition coefficient (Wildman–Crippen LogP) is 6.38. The molecule has 0 atom stereocenters. The van der Waals surface area contributed by atoms with E-state index in [1.165, 1.54) is 49.9 Å². The number of hydrogen-bond donors (Lipinski definition) is 3. The lowest BCUT2D eigenvalue weighted by Crippen LogP contribution is -2.34. The highest BCUT2D eigenvalue weighted by molar-refractivity contribution is 6.04. The topological polar surface area (TPSA) is 86.9 Å². The first-order valence-electron chi connectivity index (χ1n) is 12.4. The van der Waals surface area contributed by atoms with Crippen LogP contribution in [0, 0.1) is 12.7 Å². The lowest BCUT2D eigenvalue weighted by molar-refractivity contribution is 0.0932. The Labute approximate surface area is 209 Å². The number of hydrogen-bond acceptors (Lipinski definition) is 3. The van der Waals surface area contributed by atoms with E-state index < -0.39 is 0 Å². The standard InChI is InChI=1S/C29H29FN4O2/c1-18-16-25-26(17-24(18)29(36)32-22-6-4-2-3-5-7-22)34-27(33-25)19-10-14-23(15-11-19)31-28(35)20-8-12-21(30)13-9-20/h8-17,22H,2-7H2,1H3,(H,31,35)(H,32,36)(H,33,34). The summed E-state index contributed by atoms with van der Waals surface area (Å²) in [7, 11) is 0. The molecule has 2 amide bonds. The molecule has 1 heterocycles. The molecule has 36 heavy (non-hydrogen) atoms. The number of imidazole rings is 1. The van der Waals surface area contributed by atoms with Crippen molar-refractivity contribution in [2.24, 2.45) is 0 Å². The van der Waals surface area contributed by atoms with Crippen molar-refractivity contribution >= 4 is 28.5 Å². The Balaban J connectivity index is 1.31. The minimum atomic E-state index is -0.385. The van der Waals surface area contributed by atoms with Gasteiger partial charge in [-0.2, -0.15) is 0 Å². The van der Waals surface area contributed by atoms with Gasteiger partial charge < -0.3 is 15.6 Å². The third kappa shape index (κ3) is 5.30. The molecule has 5 rings (SSSR count). The number of nitrogens with zero attached hydrogens (tertiary/aromatic N) is 1. The molecule has 0 radical (unpaired) electrons. The van der Waals surface area contributed by atoms with Crippen molar-refractivity contribution in [3.63, 3.8) is 0 Å². The molecule has 0 spiro atoms. The fraction of sp³-hybridized carbons (Fsp3) is 0.276. The Morgan fingerprint density at radius 2 is 1.61 bits per heavy atom. The molecule has 0 saturated heterocycles. The molecule has 3 aromatic carbocycles. The van der Waals surface area contributed by atoms with E-state index in [9.17, 15) is 14.0 Å². The second kappa shape index (κ2) is 10.3. The molecule has 0 aliphatic heterocycles. The third-order valence-electron chi connectivity index (χ3n) is 6.79. The Hall–Kier alpha value is -4.00. The molecule has 1 fully saturated rings. The van der Waals surface area contributed by atoms with Gasteiger partial charge >= 0.3 is 0 Å². The number of benzene rings is 3. The number of carbonyl (C=O) groups excluding carboxylic acids is 2. The maximum Gasteiger partial charge on any atom is 0.255 e. The summed E-state index contributed by atoms with van der Waals surface area (Å²) >= 11 is 0. The summed E-state index contributed by atoms with van der Waals surface area (Å²) in [4.78, 5) is 33.4. The van der Waals surface area contributed by atoms with Gasteiger partial charge in [-0.05, 0) is 86.0 Å². The van der Waals surface area contributed by atoms with Gasteiger partial charge in [-0.25, -0.2) is 9.37 Å². The van der Waals surface area contributed by atoms with E-state index in [0.29, 0.717) is 22.6 Å². The maximum atomic E-state index is 13.1. The van der Waals surface area contributed by atoms with Crippen LogP contribution in [0.3, 0.4) is 0 Å². The zero-order valence-electron chi connectivity index (χ0n) is 20.2. The van der Waals surface area contributed by atoms with Gasteiger partial charge in [-0.3, -0.25) is 9.59 Å². The summed E-state index contributed by atoms with van der Waals surface area (Å²) in [6.07, 6.45) is 6.91. The lowest BCUT2D eigenvalue weighted by atomic mass is 10.0. The fourth-order valence-corrected chi connectivity index (χ4v) is 4.75. The van der Waals surface area contributed by atoms with Gasteiger partial charge in [0.05, 0.1) is 11.0 Å². The Kier molecular flexibility index (Phi) is 6.80. The number of H-pyrrole nitrogens is 1. The Bertz CT molecular complexity index is 1390. The number of carbonyl (C=O) groups is 2. The van der Waals surface area contributed by atoms with Crippen molar-refractivity contribution in [1.29, 1.82) is 0 Å². The monoisotopic (exact) mass is 484 g/mol. The van der Waals surface area contributed by atoms with Crippen LogP contribution in [-0.4, -0.2) is 27.8 Å². The smallest absolute Gasteiger partial charge is 0.255 e. The van der Waals surface area contributed by atoms with Crippen molar-refractivity contribution in [2.45, 2.75) is 51.5 Å². The van der Waals surface area contributed by atoms with E-state index in [4.69, 9.17) is 4.98 Å². The van der Waals surface area contributed by atoms with Crippen LogP contribution in [0.5, 0.6) is 0 Å². The van der Waals surface area contributed by atoms with Gasteiger partial charge in [0.25, 0.3) is 11.8 Å². The lowest BCUT2D eigenvalue weighted by Gasteiger charge is -2.17. The van der Waals surface area contributed by atoms with E-state index >= 15 is 0 Å². The van der Waals surface area contributed by atoms with Gasteiger partial charge in [-0.1, -0.05) is 25.7 Å². The van der Waals surface area contributed by atoms with Crippen LogP contribution in [0.2, 0.25) is 0 Å². The summed E-state index contributed by atoms with van der Waals surface area (Å²) < 4.78 is 13.1. The number of anilines is 1. The summed E-state index contributed by atoms with van der Waals surface area (Å²) in [5.74, 6) is -0.0461. The van der Waals surface area contributed by atoms with E-state index in [1.807, 2.05) is 31.2 Å². The van der Waals surface area contributed by atoms with Crippen molar-refractivity contribution in [3.05, 3.63) is 83.2 Å². The van der Waals surface area contributed by atoms with Crippen molar-refractivity contribution in [3.8, 4) is 11.4 Å². The van der Waals surface area contributed by atoms with Crippen molar-refractivity contribution in [1.82, 2.24) is 15.3 Å². The van der Waals surface area contributed by atoms with Crippen LogP contribution in [0.1, 0.15) is 64.8 Å². The summed E-state index contributed by atoms with van der Waals surface area (Å²) in [6.45, 7) is 1.94. The molecule has 3 N–H and O–H groups in total. The van der Waals surface area contributed by atoms with E-state index in [2.05, 4.69) is 15.6 Å². The molecule has 1 aromatic heterocycles. The Morgan fingerprint density at radius 3 is 2.31 bits per heavy atom. The maximum absolute atomic E-state index is 13.1. The molecule has 7 heteroatoms. The first kappa shape index (κ1) is 23.7. The number of aromatic amines is 1. The molecule has 6 nitrogen and oxygen atoms in total. The average molecular weight is 485 g/mol. The van der Waals surface area contributed by atoms with Crippen LogP contribution < -0.4 is 10.6 Å². The largest absolute Gasteiger partial charge is 0.349 e. The molecular formula is C29H29FN4O2. The molecule has 1 saturated carbocycles. The second-order valence-electron chi connectivity index (χ2n) is 9.47. The minimum Gasteiger partial charge on any atom is -0.349 e.